The monoisotopic (exact) mass is 350 g/mol. The van der Waals surface area contributed by atoms with Crippen LogP contribution in [-0.4, -0.2) is 33.7 Å². The predicted octanol–water partition coefficient (Wildman–Crippen LogP) is 2.33. The number of hydrogen-bond acceptors (Lipinski definition) is 3. The minimum atomic E-state index is -3.47. The third kappa shape index (κ3) is 4.79. The number of hydrogen-bond donors (Lipinski definition) is 1. The molecule has 0 fully saturated rings. The van der Waals surface area contributed by atoms with E-state index in [-0.39, 0.29) is 19.0 Å². The number of amides is 1. The number of rotatable bonds is 6. The molecule has 0 heterocycles. The van der Waals surface area contributed by atoms with Crippen LogP contribution in [0.3, 0.4) is 0 Å². The van der Waals surface area contributed by atoms with Crippen molar-refractivity contribution in [2.45, 2.75) is 6.92 Å². The minimum Gasteiger partial charge on any atom is -0.350 e. The maximum absolute atomic E-state index is 12.9. The van der Waals surface area contributed by atoms with E-state index >= 15 is 0 Å². The van der Waals surface area contributed by atoms with E-state index in [0.29, 0.717) is 11.3 Å². The van der Waals surface area contributed by atoms with Gasteiger partial charge < -0.3 is 5.32 Å². The second-order valence-electron chi connectivity index (χ2n) is 5.44. The summed E-state index contributed by atoms with van der Waals surface area (Å²) in [6.45, 7) is 2.12. The van der Waals surface area contributed by atoms with E-state index in [9.17, 15) is 17.6 Å². The minimum absolute atomic E-state index is 0.106. The Morgan fingerprint density at radius 3 is 2.42 bits per heavy atom. The molecule has 7 heteroatoms. The van der Waals surface area contributed by atoms with Crippen LogP contribution in [0.1, 0.15) is 15.9 Å². The average Bonchev–Trinajstić information content (AvgIpc) is 2.50. The van der Waals surface area contributed by atoms with Gasteiger partial charge in [-0.2, -0.15) is 0 Å². The van der Waals surface area contributed by atoms with Crippen LogP contribution in [0, 0.1) is 12.7 Å². The lowest BCUT2D eigenvalue weighted by Gasteiger charge is -2.23. The lowest BCUT2D eigenvalue weighted by Crippen LogP contribution is -2.38. The highest BCUT2D eigenvalue weighted by molar-refractivity contribution is 7.92. The zero-order chi connectivity index (χ0) is 17.7. The summed E-state index contributed by atoms with van der Waals surface area (Å²) in [6.07, 6.45) is 1.12. The largest absolute Gasteiger partial charge is 0.350 e. The first-order valence-corrected chi connectivity index (χ1v) is 9.20. The summed E-state index contributed by atoms with van der Waals surface area (Å²) in [5.41, 5.74) is 1.81. The molecule has 0 aliphatic rings. The Bertz CT molecular complexity index is 820. The van der Waals surface area contributed by atoms with Crippen LogP contribution in [0.2, 0.25) is 0 Å². The van der Waals surface area contributed by atoms with E-state index in [0.717, 1.165) is 11.8 Å². The van der Waals surface area contributed by atoms with Gasteiger partial charge in [0.25, 0.3) is 5.91 Å². The number of carbonyl (C=O) groups excluding carboxylic acids is 1. The third-order valence-electron chi connectivity index (χ3n) is 3.40. The van der Waals surface area contributed by atoms with Crippen molar-refractivity contribution in [1.29, 1.82) is 0 Å². The zero-order valence-electron chi connectivity index (χ0n) is 13.5. The van der Waals surface area contributed by atoms with Crippen LogP contribution < -0.4 is 9.62 Å². The van der Waals surface area contributed by atoms with Gasteiger partial charge >= 0.3 is 0 Å². The van der Waals surface area contributed by atoms with Crippen molar-refractivity contribution in [3.05, 3.63) is 65.5 Å². The Hall–Kier alpha value is -2.41. The van der Waals surface area contributed by atoms with E-state index in [1.54, 1.807) is 18.2 Å². The number of benzene rings is 2. The van der Waals surface area contributed by atoms with Gasteiger partial charge in [-0.15, -0.1) is 0 Å². The molecule has 0 saturated carbocycles. The number of carbonyl (C=O) groups is 1. The molecule has 0 atom stereocenters. The standard InChI is InChI=1S/C17H19FN2O3S/c1-13-4-3-5-16(12-13)20(24(2,22)23)11-10-19-17(21)14-6-8-15(18)9-7-14/h3-9,12H,10-11H2,1-2H3,(H,19,21). The highest BCUT2D eigenvalue weighted by Gasteiger charge is 2.17. The molecule has 1 N–H and O–H groups in total. The van der Waals surface area contributed by atoms with Gasteiger partial charge in [0.1, 0.15) is 5.82 Å². The van der Waals surface area contributed by atoms with Gasteiger partial charge in [-0.25, -0.2) is 12.8 Å². The first-order valence-electron chi connectivity index (χ1n) is 7.35. The number of sulfonamides is 1. The lowest BCUT2D eigenvalue weighted by atomic mass is 10.2. The van der Waals surface area contributed by atoms with E-state index in [1.807, 2.05) is 13.0 Å². The molecule has 2 rings (SSSR count). The first kappa shape index (κ1) is 17.9. The highest BCUT2D eigenvalue weighted by Crippen LogP contribution is 2.18. The van der Waals surface area contributed by atoms with Crippen LogP contribution in [0.5, 0.6) is 0 Å². The number of aryl methyl sites for hydroxylation is 1. The van der Waals surface area contributed by atoms with Crippen molar-refractivity contribution in [2.24, 2.45) is 0 Å². The summed E-state index contributed by atoms with van der Waals surface area (Å²) in [7, 11) is -3.47. The van der Waals surface area contributed by atoms with Crippen molar-refractivity contribution in [3.63, 3.8) is 0 Å². The molecule has 0 aliphatic heterocycles. The summed E-state index contributed by atoms with van der Waals surface area (Å²) < 4.78 is 38.1. The zero-order valence-corrected chi connectivity index (χ0v) is 14.3. The van der Waals surface area contributed by atoms with Gasteiger partial charge in [0.15, 0.2) is 0 Å². The molecular formula is C17H19FN2O3S. The van der Waals surface area contributed by atoms with Gasteiger partial charge in [0.2, 0.25) is 10.0 Å². The molecule has 2 aromatic carbocycles. The second-order valence-corrected chi connectivity index (χ2v) is 7.34. The fourth-order valence-corrected chi connectivity index (χ4v) is 3.16. The molecule has 128 valence electrons. The van der Waals surface area contributed by atoms with Gasteiger partial charge in [0, 0.05) is 12.1 Å². The molecular weight excluding hydrogens is 331 g/mol. The fraction of sp³-hybridized carbons (Fsp3) is 0.235. The third-order valence-corrected chi connectivity index (χ3v) is 4.59. The Morgan fingerprint density at radius 1 is 1.17 bits per heavy atom. The van der Waals surface area contributed by atoms with Crippen molar-refractivity contribution in [3.8, 4) is 0 Å². The number of nitrogens with one attached hydrogen (secondary N) is 1. The van der Waals surface area contributed by atoms with Gasteiger partial charge in [-0.1, -0.05) is 12.1 Å². The lowest BCUT2D eigenvalue weighted by molar-refractivity contribution is 0.0955. The van der Waals surface area contributed by atoms with Crippen molar-refractivity contribution in [1.82, 2.24) is 5.32 Å². The summed E-state index contributed by atoms with van der Waals surface area (Å²) in [6, 6.07) is 12.3. The maximum atomic E-state index is 12.9. The number of nitrogens with zero attached hydrogens (tertiary/aromatic N) is 1. The Balaban J connectivity index is 2.04. The van der Waals surface area contributed by atoms with E-state index in [2.05, 4.69) is 5.32 Å². The highest BCUT2D eigenvalue weighted by atomic mass is 32.2. The second kappa shape index (κ2) is 7.44. The molecule has 5 nitrogen and oxygen atoms in total. The summed E-state index contributed by atoms with van der Waals surface area (Å²) in [5, 5.41) is 2.64. The smallest absolute Gasteiger partial charge is 0.251 e. The molecule has 0 bridgehead atoms. The molecule has 0 aliphatic carbocycles. The molecule has 1 amide bonds. The summed E-state index contributed by atoms with van der Waals surface area (Å²) in [5.74, 6) is -0.804. The van der Waals surface area contributed by atoms with Gasteiger partial charge in [0.05, 0.1) is 18.5 Å². The van der Waals surface area contributed by atoms with E-state index in [1.165, 1.54) is 28.6 Å². The molecule has 0 saturated heterocycles. The number of halogens is 1. The average molecular weight is 350 g/mol. The Kier molecular flexibility index (Phi) is 5.56. The molecule has 0 spiro atoms. The van der Waals surface area contributed by atoms with Crippen LogP contribution in [0.15, 0.2) is 48.5 Å². The van der Waals surface area contributed by atoms with Crippen molar-refractivity contribution in [2.75, 3.05) is 23.7 Å². The topological polar surface area (TPSA) is 66.5 Å². The number of anilines is 1. The summed E-state index contributed by atoms with van der Waals surface area (Å²) in [4.78, 5) is 12.0. The van der Waals surface area contributed by atoms with Crippen LogP contribution in [0.4, 0.5) is 10.1 Å². The van der Waals surface area contributed by atoms with Crippen LogP contribution >= 0.6 is 0 Å². The van der Waals surface area contributed by atoms with Crippen molar-refractivity contribution >= 4 is 21.6 Å². The molecule has 0 radical (unpaired) electrons. The first-order chi connectivity index (χ1) is 11.3. The molecule has 2 aromatic rings. The van der Waals surface area contributed by atoms with E-state index in [4.69, 9.17) is 0 Å². The predicted molar refractivity (Wildman–Crippen MR) is 92.1 cm³/mol. The Morgan fingerprint density at radius 2 is 1.83 bits per heavy atom. The normalized spacial score (nSPS) is 11.1. The van der Waals surface area contributed by atoms with Crippen LogP contribution in [0.25, 0.3) is 0 Å². The van der Waals surface area contributed by atoms with E-state index < -0.39 is 15.8 Å². The van der Waals surface area contributed by atoms with Crippen LogP contribution in [-0.2, 0) is 10.0 Å². The SMILES string of the molecule is Cc1cccc(N(CCNC(=O)c2ccc(F)cc2)S(C)(=O)=O)c1. The van der Waals surface area contributed by atoms with Crippen molar-refractivity contribution < 1.29 is 17.6 Å². The fourth-order valence-electron chi connectivity index (χ4n) is 2.24. The Labute approximate surface area is 141 Å². The molecule has 0 aromatic heterocycles. The quantitative estimate of drug-likeness (QED) is 0.869. The molecule has 0 unspecified atom stereocenters. The molecule has 24 heavy (non-hydrogen) atoms. The van der Waals surface area contributed by atoms with Gasteiger partial charge in [-0.3, -0.25) is 9.10 Å². The maximum Gasteiger partial charge on any atom is 0.251 e. The van der Waals surface area contributed by atoms with Gasteiger partial charge in [-0.05, 0) is 48.9 Å². The summed E-state index contributed by atoms with van der Waals surface area (Å²) >= 11 is 0.